The lowest BCUT2D eigenvalue weighted by atomic mass is 10.1. The number of carbonyl (C=O) groups excluding carboxylic acids is 1. The van der Waals surface area contributed by atoms with Gasteiger partial charge in [-0.15, -0.1) is 16.4 Å². The van der Waals surface area contributed by atoms with Crippen LogP contribution in [0.2, 0.25) is 0 Å². The fourth-order valence-corrected chi connectivity index (χ4v) is 7.14. The van der Waals surface area contributed by atoms with Crippen molar-refractivity contribution in [3.05, 3.63) is 126 Å². The van der Waals surface area contributed by atoms with Gasteiger partial charge in [0.15, 0.2) is 0 Å². The second kappa shape index (κ2) is 16.5. The first-order valence-electron chi connectivity index (χ1n) is 17.4. The van der Waals surface area contributed by atoms with E-state index in [2.05, 4.69) is 52.0 Å². The van der Waals surface area contributed by atoms with Crippen molar-refractivity contribution < 1.29 is 14.3 Å². The molecule has 0 bridgehead atoms. The summed E-state index contributed by atoms with van der Waals surface area (Å²) in [6.07, 6.45) is 6.30. The third-order valence-electron chi connectivity index (χ3n) is 8.74. The Balaban J connectivity index is 1.15. The quantitative estimate of drug-likeness (QED) is 0.102. The molecule has 0 unspecified atom stereocenters. The molecule has 0 aliphatic carbocycles. The van der Waals surface area contributed by atoms with Gasteiger partial charge in [0.2, 0.25) is 0 Å². The highest BCUT2D eigenvalue weighted by Gasteiger charge is 2.21. The van der Waals surface area contributed by atoms with Crippen LogP contribution in [0.25, 0.3) is 26.7 Å². The van der Waals surface area contributed by atoms with Crippen LogP contribution in [0.4, 0.5) is 4.79 Å². The van der Waals surface area contributed by atoms with Crippen LogP contribution in [0.15, 0.2) is 109 Å². The summed E-state index contributed by atoms with van der Waals surface area (Å²) in [5.74, 6) is 2.30. The fraction of sp³-hybridized carbons (Fsp3) is 0.250. The number of hydrogen-bond acceptors (Lipinski definition) is 8. The molecule has 1 fully saturated rings. The number of hydrogen-bond donors (Lipinski definition) is 2. The maximum atomic E-state index is 12.2. The van der Waals surface area contributed by atoms with Gasteiger partial charge in [0.1, 0.15) is 28.9 Å². The van der Waals surface area contributed by atoms with Crippen LogP contribution in [0.1, 0.15) is 29.8 Å². The normalized spacial score (nSPS) is 12.6. The molecule has 0 spiro atoms. The van der Waals surface area contributed by atoms with Crippen LogP contribution in [-0.4, -0.2) is 63.7 Å². The molecule has 10 nitrogen and oxygen atoms in total. The van der Waals surface area contributed by atoms with Gasteiger partial charge < -0.3 is 25.4 Å². The Bertz CT molecular complexity index is 2030. The topological polar surface area (TPSA) is 120 Å². The number of urea groups is 1. The molecule has 2 aromatic heterocycles. The van der Waals surface area contributed by atoms with E-state index in [1.54, 1.807) is 20.9 Å². The van der Waals surface area contributed by atoms with Gasteiger partial charge in [0.05, 0.1) is 40.3 Å². The van der Waals surface area contributed by atoms with Gasteiger partial charge >= 0.3 is 6.03 Å². The predicted octanol–water partition coefficient (Wildman–Crippen LogP) is 7.32. The number of aryl methyl sites for hydroxylation is 3. The van der Waals surface area contributed by atoms with Gasteiger partial charge in [-0.2, -0.15) is 0 Å². The van der Waals surface area contributed by atoms with Gasteiger partial charge in [-0.1, -0.05) is 65.9 Å². The first-order valence-corrected chi connectivity index (χ1v) is 18.2. The summed E-state index contributed by atoms with van der Waals surface area (Å²) >= 11 is 1.66. The molecular weight excluding hydrogens is 659 g/mol. The Kier molecular flexibility index (Phi) is 11.0. The number of ether oxygens (including phenoxy) is 2. The molecule has 3 heterocycles. The van der Waals surface area contributed by atoms with Crippen LogP contribution < -0.4 is 20.5 Å². The fourth-order valence-electron chi connectivity index (χ4n) is 5.99. The van der Waals surface area contributed by atoms with Gasteiger partial charge in [-0.05, 0) is 86.2 Å². The van der Waals surface area contributed by atoms with Crippen LogP contribution in [-0.2, 0) is 19.3 Å². The van der Waals surface area contributed by atoms with E-state index in [9.17, 15) is 4.79 Å². The number of thiazole rings is 1. The van der Waals surface area contributed by atoms with Crippen molar-refractivity contribution in [1.29, 1.82) is 0 Å². The summed E-state index contributed by atoms with van der Waals surface area (Å²) in [5.41, 5.74) is 11.7. The highest BCUT2D eigenvalue weighted by Crippen LogP contribution is 2.40. The van der Waals surface area contributed by atoms with Crippen molar-refractivity contribution in [3.8, 4) is 43.9 Å². The van der Waals surface area contributed by atoms with Gasteiger partial charge in [-0.25, -0.2) is 14.5 Å². The zero-order chi connectivity index (χ0) is 34.8. The first kappa shape index (κ1) is 34.0. The Labute approximate surface area is 301 Å². The van der Waals surface area contributed by atoms with Crippen LogP contribution in [0, 0.1) is 0 Å². The summed E-state index contributed by atoms with van der Waals surface area (Å²) in [7, 11) is 0. The lowest BCUT2D eigenvalue weighted by Gasteiger charge is -2.16. The molecule has 1 aliphatic rings. The minimum absolute atomic E-state index is 0.0622. The number of carbonyl (C=O) groups is 1. The van der Waals surface area contributed by atoms with Crippen molar-refractivity contribution >= 4 is 17.4 Å². The Morgan fingerprint density at radius 1 is 0.863 bits per heavy atom. The van der Waals surface area contributed by atoms with Crippen molar-refractivity contribution in [1.82, 2.24) is 30.2 Å². The number of aromatic nitrogens is 4. The summed E-state index contributed by atoms with van der Waals surface area (Å²) in [4.78, 5) is 20.3. The summed E-state index contributed by atoms with van der Waals surface area (Å²) in [6, 6.07) is 34.5. The van der Waals surface area contributed by atoms with E-state index in [1.807, 2.05) is 72.9 Å². The molecule has 3 N–H and O–H groups in total. The molecular formula is C40H41N7O3S. The Morgan fingerprint density at radius 2 is 1.65 bits per heavy atom. The average Bonchev–Trinajstić information content (AvgIpc) is 3.93. The number of benzene rings is 4. The lowest BCUT2D eigenvalue weighted by Crippen LogP contribution is -2.31. The molecule has 6 aromatic rings. The van der Waals surface area contributed by atoms with E-state index in [0.717, 1.165) is 81.7 Å². The smallest absolute Gasteiger partial charge is 0.317 e. The van der Waals surface area contributed by atoms with Gasteiger partial charge in [0.25, 0.3) is 0 Å². The first-order chi connectivity index (χ1) is 25.1. The van der Waals surface area contributed by atoms with Gasteiger partial charge in [-0.3, -0.25) is 0 Å². The van der Waals surface area contributed by atoms with Crippen LogP contribution in [0.5, 0.6) is 17.2 Å². The van der Waals surface area contributed by atoms with E-state index in [0.29, 0.717) is 38.5 Å². The van der Waals surface area contributed by atoms with Crippen molar-refractivity contribution in [2.24, 2.45) is 5.73 Å². The van der Waals surface area contributed by atoms with Gasteiger partial charge in [0, 0.05) is 19.2 Å². The van der Waals surface area contributed by atoms with Crippen molar-refractivity contribution in [2.45, 2.75) is 32.1 Å². The third-order valence-corrected chi connectivity index (χ3v) is 9.92. The molecule has 1 saturated heterocycles. The molecule has 4 aromatic carbocycles. The number of amides is 2. The highest BCUT2D eigenvalue weighted by molar-refractivity contribution is 7.18. The molecule has 1 aliphatic heterocycles. The predicted molar refractivity (Wildman–Crippen MR) is 201 cm³/mol. The monoisotopic (exact) mass is 699 g/mol. The average molecular weight is 700 g/mol. The number of para-hydroxylation sites is 1. The van der Waals surface area contributed by atoms with E-state index in [4.69, 9.17) is 20.2 Å². The third kappa shape index (κ3) is 8.62. The Morgan fingerprint density at radius 3 is 2.41 bits per heavy atom. The molecule has 7 rings (SSSR count). The second-order valence-corrected chi connectivity index (χ2v) is 13.4. The van der Waals surface area contributed by atoms with E-state index in [1.165, 1.54) is 5.56 Å². The standard InChI is InChI=1S/C40H41N7O3S/c41-22-8-7-11-31-28-47(45-44-31)32-17-20-35(37(27-32)49-26-25-46-24-23-42-40(46)48)39-43-36(38(51-39)30-9-3-1-4-10-30)21-16-29-14-18-34(19-15-29)50-33-12-5-2-6-13-33/h1-6,9-10,12-15,17-20,27-28H,7-8,11,16,21-26,41H2,(H,42,48). The van der Waals surface area contributed by atoms with Crippen molar-refractivity contribution in [3.63, 3.8) is 0 Å². The number of nitrogens with two attached hydrogens (primary N) is 1. The Hall–Kier alpha value is -5.52. The van der Waals surface area contributed by atoms with Crippen molar-refractivity contribution in [2.75, 3.05) is 32.8 Å². The van der Waals surface area contributed by atoms with E-state index in [-0.39, 0.29) is 6.03 Å². The number of rotatable bonds is 16. The molecule has 260 valence electrons. The summed E-state index contributed by atoms with van der Waals surface area (Å²) < 4.78 is 14.2. The zero-order valence-corrected chi connectivity index (χ0v) is 29.2. The maximum Gasteiger partial charge on any atom is 0.317 e. The number of unbranched alkanes of at least 4 members (excludes halogenated alkanes) is 1. The maximum absolute atomic E-state index is 12.2. The molecule has 11 heteroatoms. The molecule has 0 radical (unpaired) electrons. The molecule has 51 heavy (non-hydrogen) atoms. The molecule has 0 saturated carbocycles. The highest BCUT2D eigenvalue weighted by atomic mass is 32.1. The van der Waals surface area contributed by atoms with E-state index >= 15 is 0 Å². The summed E-state index contributed by atoms with van der Waals surface area (Å²) in [6.45, 7) is 2.81. The SMILES string of the molecule is NCCCCc1cn(-c2ccc(-c3nc(CCc4ccc(Oc5ccccc5)cc4)c(-c4ccccc4)s3)c(OCCN3CCNC3=O)c2)nn1. The zero-order valence-electron chi connectivity index (χ0n) is 28.4. The largest absolute Gasteiger partial charge is 0.491 e. The van der Waals surface area contributed by atoms with Crippen LogP contribution in [0.3, 0.4) is 0 Å². The number of nitrogens with one attached hydrogen (secondary N) is 1. The number of nitrogens with zero attached hydrogens (tertiary/aromatic N) is 5. The van der Waals surface area contributed by atoms with E-state index < -0.39 is 0 Å². The van der Waals surface area contributed by atoms with Crippen LogP contribution >= 0.6 is 11.3 Å². The lowest BCUT2D eigenvalue weighted by molar-refractivity contribution is 0.203. The summed E-state index contributed by atoms with van der Waals surface area (Å²) in [5, 5.41) is 12.5. The minimum Gasteiger partial charge on any atom is -0.491 e. The molecule has 2 amide bonds. The second-order valence-electron chi connectivity index (χ2n) is 12.4. The minimum atomic E-state index is -0.0622. The molecule has 0 atom stereocenters.